The highest BCUT2D eigenvalue weighted by Crippen LogP contribution is 2.36. The fourth-order valence-corrected chi connectivity index (χ4v) is 3.50. The average molecular weight is 346 g/mol. The van der Waals surface area contributed by atoms with Gasteiger partial charge in [0.2, 0.25) is 0 Å². The van der Waals surface area contributed by atoms with Crippen LogP contribution in [0.2, 0.25) is 10.0 Å². The minimum Gasteiger partial charge on any atom is -0.481 e. The summed E-state index contributed by atoms with van der Waals surface area (Å²) in [5, 5.41) is 13.2. The lowest BCUT2D eigenvalue weighted by Gasteiger charge is -2.07. The Morgan fingerprint density at radius 2 is 2.10 bits per heavy atom. The summed E-state index contributed by atoms with van der Waals surface area (Å²) >= 11 is 13.4. The van der Waals surface area contributed by atoms with Crippen molar-refractivity contribution in [3.63, 3.8) is 0 Å². The highest BCUT2D eigenvalue weighted by atomic mass is 35.5. The Bertz CT molecular complexity index is 699. The summed E-state index contributed by atoms with van der Waals surface area (Å²) in [5.41, 5.74) is 0. The highest BCUT2D eigenvalue weighted by Gasteiger charge is 2.18. The molecule has 0 aliphatic rings. The van der Waals surface area contributed by atoms with Crippen molar-refractivity contribution in [2.75, 3.05) is 6.54 Å². The van der Waals surface area contributed by atoms with Crippen LogP contribution >= 0.6 is 34.5 Å². The number of rotatable bonds is 5. The lowest BCUT2D eigenvalue weighted by molar-refractivity contribution is -0.141. The third kappa shape index (κ3) is 3.67. The summed E-state index contributed by atoms with van der Waals surface area (Å²) in [6.45, 7) is 1.89. The molecule has 0 saturated heterocycles. The highest BCUT2D eigenvalue weighted by molar-refractivity contribution is 7.21. The van der Waals surface area contributed by atoms with E-state index in [4.69, 9.17) is 28.3 Å². The number of nitrogens with one attached hydrogen (secondary N) is 1. The molecule has 0 aliphatic heterocycles. The van der Waals surface area contributed by atoms with Crippen molar-refractivity contribution in [1.29, 1.82) is 0 Å². The van der Waals surface area contributed by atoms with Crippen LogP contribution in [0.5, 0.6) is 0 Å². The van der Waals surface area contributed by atoms with Crippen molar-refractivity contribution in [1.82, 2.24) is 5.32 Å². The molecule has 21 heavy (non-hydrogen) atoms. The van der Waals surface area contributed by atoms with Gasteiger partial charge >= 0.3 is 5.97 Å². The van der Waals surface area contributed by atoms with Crippen molar-refractivity contribution >= 4 is 56.5 Å². The van der Waals surface area contributed by atoms with Crippen LogP contribution < -0.4 is 5.32 Å². The molecule has 0 aliphatic carbocycles. The first-order valence-corrected chi connectivity index (χ1v) is 7.86. The van der Waals surface area contributed by atoms with E-state index in [-0.39, 0.29) is 12.5 Å². The maximum atomic E-state index is 12.1. The molecule has 0 radical (unpaired) electrons. The Balaban J connectivity index is 2.09. The minimum absolute atomic E-state index is 0.289. The zero-order valence-corrected chi connectivity index (χ0v) is 13.5. The van der Waals surface area contributed by atoms with Gasteiger partial charge in [-0.15, -0.1) is 11.3 Å². The number of halogens is 2. The second-order valence-corrected chi connectivity index (χ2v) is 6.54. The molecule has 2 aromatic rings. The van der Waals surface area contributed by atoms with E-state index in [9.17, 15) is 9.59 Å². The first kappa shape index (κ1) is 16.1. The van der Waals surface area contributed by atoms with Crippen molar-refractivity contribution in [2.24, 2.45) is 5.92 Å². The topological polar surface area (TPSA) is 66.4 Å². The number of benzene rings is 1. The molecule has 1 aromatic heterocycles. The normalized spacial score (nSPS) is 12.3. The van der Waals surface area contributed by atoms with Gasteiger partial charge < -0.3 is 10.4 Å². The smallest absolute Gasteiger partial charge is 0.306 e. The molecule has 0 bridgehead atoms. The number of carboxylic acid groups (broad SMARTS) is 1. The first-order chi connectivity index (χ1) is 9.90. The van der Waals surface area contributed by atoms with E-state index >= 15 is 0 Å². The number of carboxylic acids is 1. The van der Waals surface area contributed by atoms with Gasteiger partial charge in [-0.1, -0.05) is 36.2 Å². The molecule has 1 heterocycles. The molecular formula is C14H13Cl2NO3S. The van der Waals surface area contributed by atoms with Gasteiger partial charge in [0.25, 0.3) is 5.91 Å². The Labute approximate surface area is 135 Å². The van der Waals surface area contributed by atoms with Gasteiger partial charge in [0, 0.05) is 21.7 Å². The zero-order chi connectivity index (χ0) is 15.6. The summed E-state index contributed by atoms with van der Waals surface area (Å²) in [6, 6.07) is 5.26. The summed E-state index contributed by atoms with van der Waals surface area (Å²) < 4.78 is 0.844. The first-order valence-electron chi connectivity index (χ1n) is 6.28. The van der Waals surface area contributed by atoms with E-state index in [0.717, 1.165) is 10.1 Å². The Morgan fingerprint density at radius 1 is 1.38 bits per heavy atom. The van der Waals surface area contributed by atoms with Gasteiger partial charge in [-0.25, -0.2) is 0 Å². The molecule has 1 amide bonds. The van der Waals surface area contributed by atoms with Crippen molar-refractivity contribution in [2.45, 2.75) is 13.3 Å². The van der Waals surface area contributed by atoms with E-state index in [1.807, 2.05) is 0 Å². The number of aliphatic carboxylic acids is 1. The molecule has 1 atom stereocenters. The molecule has 0 saturated carbocycles. The molecule has 1 aromatic carbocycles. The Kier molecular flexibility index (Phi) is 5.08. The summed E-state index contributed by atoms with van der Waals surface area (Å²) in [6.07, 6.45) is 0.370. The van der Waals surface area contributed by atoms with Crippen LogP contribution in [0.1, 0.15) is 23.0 Å². The second-order valence-electron chi connectivity index (χ2n) is 4.67. The van der Waals surface area contributed by atoms with Gasteiger partial charge in [-0.05, 0) is 18.6 Å². The van der Waals surface area contributed by atoms with Gasteiger partial charge in [0.15, 0.2) is 0 Å². The third-order valence-corrected chi connectivity index (χ3v) is 4.97. The van der Waals surface area contributed by atoms with Crippen LogP contribution in [-0.4, -0.2) is 23.5 Å². The molecule has 112 valence electrons. The fraction of sp³-hybridized carbons (Fsp3) is 0.286. The number of fused-ring (bicyclic) bond motifs is 1. The van der Waals surface area contributed by atoms with Crippen molar-refractivity contribution in [3.05, 3.63) is 33.1 Å². The van der Waals surface area contributed by atoms with Crippen molar-refractivity contribution in [3.8, 4) is 0 Å². The standard InChI is InChI=1S/C14H13Cl2NO3S/c1-7(14(19)20)4-5-17-13(18)12-11(16)9-3-2-8(15)6-10(9)21-12/h2-3,6-7H,4-5H2,1H3,(H,17,18)(H,19,20). The van der Waals surface area contributed by atoms with Crippen LogP contribution in [0.4, 0.5) is 0 Å². The van der Waals surface area contributed by atoms with E-state index in [1.165, 1.54) is 11.3 Å². The zero-order valence-electron chi connectivity index (χ0n) is 11.2. The molecule has 0 spiro atoms. The molecular weight excluding hydrogens is 333 g/mol. The summed E-state index contributed by atoms with van der Waals surface area (Å²) in [5.74, 6) is -1.67. The quantitative estimate of drug-likeness (QED) is 0.858. The summed E-state index contributed by atoms with van der Waals surface area (Å²) in [4.78, 5) is 23.2. The Morgan fingerprint density at radius 3 is 2.76 bits per heavy atom. The molecule has 7 heteroatoms. The number of carbonyl (C=O) groups is 2. The van der Waals surface area contributed by atoms with E-state index in [0.29, 0.717) is 21.3 Å². The van der Waals surface area contributed by atoms with Crippen LogP contribution in [0.15, 0.2) is 18.2 Å². The molecule has 1 unspecified atom stereocenters. The molecule has 2 rings (SSSR count). The number of hydrogen-bond acceptors (Lipinski definition) is 3. The van der Waals surface area contributed by atoms with Crippen LogP contribution in [-0.2, 0) is 4.79 Å². The Hall–Kier alpha value is -1.30. The predicted octanol–water partition coefficient (Wildman–Crippen LogP) is 4.05. The lowest BCUT2D eigenvalue weighted by atomic mass is 10.1. The molecule has 2 N–H and O–H groups in total. The number of amides is 1. The van der Waals surface area contributed by atoms with Gasteiger partial charge in [-0.3, -0.25) is 9.59 Å². The maximum Gasteiger partial charge on any atom is 0.306 e. The van der Waals surface area contributed by atoms with Gasteiger partial charge in [0.1, 0.15) is 4.88 Å². The van der Waals surface area contributed by atoms with Gasteiger partial charge in [0.05, 0.1) is 10.9 Å². The number of thiophene rings is 1. The molecule has 4 nitrogen and oxygen atoms in total. The van der Waals surface area contributed by atoms with Crippen LogP contribution in [0.25, 0.3) is 10.1 Å². The monoisotopic (exact) mass is 345 g/mol. The van der Waals surface area contributed by atoms with Gasteiger partial charge in [-0.2, -0.15) is 0 Å². The SMILES string of the molecule is CC(CCNC(=O)c1sc2cc(Cl)ccc2c1Cl)C(=O)O. The van der Waals surface area contributed by atoms with Crippen LogP contribution in [0.3, 0.4) is 0 Å². The van der Waals surface area contributed by atoms with E-state index in [1.54, 1.807) is 25.1 Å². The van der Waals surface area contributed by atoms with E-state index < -0.39 is 11.9 Å². The van der Waals surface area contributed by atoms with Crippen molar-refractivity contribution < 1.29 is 14.7 Å². The number of carbonyl (C=O) groups excluding carboxylic acids is 1. The van der Waals surface area contributed by atoms with Crippen LogP contribution in [0, 0.1) is 5.92 Å². The predicted molar refractivity (Wildman–Crippen MR) is 85.6 cm³/mol. The largest absolute Gasteiger partial charge is 0.481 e. The average Bonchev–Trinajstić information content (AvgIpc) is 2.75. The third-order valence-electron chi connectivity index (χ3n) is 3.08. The van der Waals surface area contributed by atoms with E-state index in [2.05, 4.69) is 5.32 Å². The lowest BCUT2D eigenvalue weighted by Crippen LogP contribution is -2.26. The molecule has 0 fully saturated rings. The number of hydrogen-bond donors (Lipinski definition) is 2. The summed E-state index contributed by atoms with van der Waals surface area (Å²) in [7, 11) is 0. The second kappa shape index (κ2) is 6.64. The maximum absolute atomic E-state index is 12.1. The fourth-order valence-electron chi connectivity index (χ4n) is 1.79. The minimum atomic E-state index is -0.876.